The van der Waals surface area contributed by atoms with E-state index in [0.29, 0.717) is 0 Å². The number of hydrogen-bond acceptors (Lipinski definition) is 5. The van der Waals surface area contributed by atoms with Crippen molar-refractivity contribution in [3.63, 3.8) is 0 Å². The molecule has 0 spiro atoms. The van der Waals surface area contributed by atoms with E-state index in [0.717, 1.165) is 31.1 Å². The van der Waals surface area contributed by atoms with E-state index < -0.39 is 0 Å². The summed E-state index contributed by atoms with van der Waals surface area (Å²) in [5, 5.41) is 8.75. The van der Waals surface area contributed by atoms with E-state index >= 15 is 0 Å². The molecule has 5 heteroatoms. The van der Waals surface area contributed by atoms with Gasteiger partial charge >= 0.3 is 0 Å². The van der Waals surface area contributed by atoms with Gasteiger partial charge in [-0.2, -0.15) is 0 Å². The van der Waals surface area contributed by atoms with Gasteiger partial charge in [0.1, 0.15) is 11.6 Å². The number of hydrogen-bond donors (Lipinski definition) is 2. The Hall–Kier alpha value is -1.62. The molecule has 2 aromatic heterocycles. The molecule has 20 heavy (non-hydrogen) atoms. The van der Waals surface area contributed by atoms with Gasteiger partial charge in [-0.05, 0) is 17.9 Å². The maximum atomic E-state index is 4.51. The highest BCUT2D eigenvalue weighted by atomic mass is 32.1. The predicted molar refractivity (Wildman–Crippen MR) is 86.6 cm³/mol. The van der Waals surface area contributed by atoms with Gasteiger partial charge in [0.05, 0.1) is 12.4 Å². The van der Waals surface area contributed by atoms with E-state index in [4.69, 9.17) is 0 Å². The molecule has 2 aromatic rings. The predicted octanol–water partition coefficient (Wildman–Crippen LogP) is 3.75. The lowest BCUT2D eigenvalue weighted by molar-refractivity contribution is 0.568. The van der Waals surface area contributed by atoms with E-state index in [9.17, 15) is 0 Å². The Morgan fingerprint density at radius 3 is 2.60 bits per heavy atom. The van der Waals surface area contributed by atoms with E-state index in [2.05, 4.69) is 58.9 Å². The summed E-state index contributed by atoms with van der Waals surface area (Å²) in [6, 6.07) is 4.27. The Balaban J connectivity index is 1.96. The Bertz CT molecular complexity index is 522. The van der Waals surface area contributed by atoms with Gasteiger partial charge in [-0.25, -0.2) is 4.98 Å². The lowest BCUT2D eigenvalue weighted by atomic mass is 9.91. The molecule has 0 amide bonds. The largest absolute Gasteiger partial charge is 0.369 e. The van der Waals surface area contributed by atoms with Gasteiger partial charge in [0.15, 0.2) is 0 Å². The molecular formula is C15H22N4S. The molecule has 2 rings (SSSR count). The number of nitrogens with zero attached hydrogens (tertiary/aromatic N) is 2. The SMILES string of the molecule is CCCNc1cncc(NCC(C)(C)c2cccs2)n1. The van der Waals surface area contributed by atoms with Crippen molar-refractivity contribution in [2.45, 2.75) is 32.6 Å². The molecule has 0 fully saturated rings. The van der Waals surface area contributed by atoms with Crippen LogP contribution in [0, 0.1) is 0 Å². The Morgan fingerprint density at radius 1 is 1.20 bits per heavy atom. The molecule has 2 N–H and O–H groups in total. The summed E-state index contributed by atoms with van der Waals surface area (Å²) in [4.78, 5) is 10.1. The molecule has 4 nitrogen and oxygen atoms in total. The second kappa shape index (κ2) is 6.70. The van der Waals surface area contributed by atoms with Crippen molar-refractivity contribution in [2.24, 2.45) is 0 Å². The lowest BCUT2D eigenvalue weighted by Gasteiger charge is -2.24. The van der Waals surface area contributed by atoms with E-state index in [1.807, 2.05) is 0 Å². The van der Waals surface area contributed by atoms with Gasteiger partial charge in [0.2, 0.25) is 0 Å². The summed E-state index contributed by atoms with van der Waals surface area (Å²) < 4.78 is 0. The smallest absolute Gasteiger partial charge is 0.146 e. The van der Waals surface area contributed by atoms with Gasteiger partial charge in [-0.15, -0.1) is 11.3 Å². The molecule has 0 aliphatic carbocycles. The van der Waals surface area contributed by atoms with Crippen LogP contribution in [0.15, 0.2) is 29.9 Å². The fourth-order valence-electron chi connectivity index (χ4n) is 1.85. The number of nitrogens with one attached hydrogen (secondary N) is 2. The number of rotatable bonds is 7. The quantitative estimate of drug-likeness (QED) is 0.815. The highest BCUT2D eigenvalue weighted by Crippen LogP contribution is 2.27. The lowest BCUT2D eigenvalue weighted by Crippen LogP contribution is -2.27. The van der Waals surface area contributed by atoms with Gasteiger partial charge in [-0.3, -0.25) is 4.98 Å². The van der Waals surface area contributed by atoms with Gasteiger partial charge in [-0.1, -0.05) is 26.8 Å². The van der Waals surface area contributed by atoms with Gasteiger partial charge in [0.25, 0.3) is 0 Å². The van der Waals surface area contributed by atoms with Crippen molar-refractivity contribution >= 4 is 23.0 Å². The molecular weight excluding hydrogens is 268 g/mol. The Kier molecular flexibility index (Phi) is 4.95. The van der Waals surface area contributed by atoms with Crippen molar-refractivity contribution in [1.29, 1.82) is 0 Å². The number of thiophene rings is 1. The van der Waals surface area contributed by atoms with Crippen LogP contribution in [0.2, 0.25) is 0 Å². The minimum absolute atomic E-state index is 0.0860. The fourth-order valence-corrected chi connectivity index (χ4v) is 2.70. The van der Waals surface area contributed by atoms with Crippen molar-refractivity contribution in [2.75, 3.05) is 23.7 Å². The highest BCUT2D eigenvalue weighted by Gasteiger charge is 2.21. The molecule has 0 atom stereocenters. The number of anilines is 2. The summed E-state index contributed by atoms with van der Waals surface area (Å²) in [6.45, 7) is 8.35. The first-order chi connectivity index (χ1) is 9.62. The minimum Gasteiger partial charge on any atom is -0.369 e. The second-order valence-corrected chi connectivity index (χ2v) is 6.38. The average Bonchev–Trinajstić information content (AvgIpc) is 2.98. The van der Waals surface area contributed by atoms with Crippen molar-refractivity contribution in [3.05, 3.63) is 34.8 Å². The average molecular weight is 290 g/mol. The van der Waals surface area contributed by atoms with Crippen LogP contribution in [0.3, 0.4) is 0 Å². The summed E-state index contributed by atoms with van der Waals surface area (Å²) in [5.41, 5.74) is 0.0860. The molecule has 0 saturated carbocycles. The summed E-state index contributed by atoms with van der Waals surface area (Å²) in [6.07, 6.45) is 4.59. The second-order valence-electron chi connectivity index (χ2n) is 5.43. The monoisotopic (exact) mass is 290 g/mol. The van der Waals surface area contributed by atoms with E-state index in [1.165, 1.54) is 4.88 Å². The third-order valence-corrected chi connectivity index (χ3v) is 4.33. The maximum Gasteiger partial charge on any atom is 0.146 e. The fraction of sp³-hybridized carbons (Fsp3) is 0.467. The third-order valence-electron chi connectivity index (χ3n) is 3.09. The summed E-state index contributed by atoms with van der Waals surface area (Å²) >= 11 is 1.79. The first-order valence-corrected chi connectivity index (χ1v) is 7.83. The van der Waals surface area contributed by atoms with Crippen LogP contribution in [0.5, 0.6) is 0 Å². The molecule has 0 radical (unpaired) electrons. The van der Waals surface area contributed by atoms with E-state index in [-0.39, 0.29) is 5.41 Å². The van der Waals surface area contributed by atoms with Crippen molar-refractivity contribution < 1.29 is 0 Å². The molecule has 0 saturated heterocycles. The standard InChI is InChI=1S/C15H22N4S/c1-4-7-17-13-9-16-10-14(19-13)18-11-15(2,3)12-6-5-8-20-12/h5-6,8-10H,4,7,11H2,1-3H3,(H2,17,18,19). The topological polar surface area (TPSA) is 49.8 Å². The van der Waals surface area contributed by atoms with Crippen molar-refractivity contribution in [1.82, 2.24) is 9.97 Å². The molecule has 0 unspecified atom stereocenters. The summed E-state index contributed by atoms with van der Waals surface area (Å²) in [7, 11) is 0. The zero-order valence-corrected chi connectivity index (χ0v) is 13.1. The highest BCUT2D eigenvalue weighted by molar-refractivity contribution is 7.10. The van der Waals surface area contributed by atoms with Crippen LogP contribution < -0.4 is 10.6 Å². The van der Waals surface area contributed by atoms with Crippen LogP contribution in [0.1, 0.15) is 32.1 Å². The first kappa shape index (κ1) is 14.8. The summed E-state index contributed by atoms with van der Waals surface area (Å²) in [5.74, 6) is 1.64. The Labute approximate surface area is 124 Å². The zero-order valence-electron chi connectivity index (χ0n) is 12.3. The van der Waals surface area contributed by atoms with Gasteiger partial charge < -0.3 is 10.6 Å². The van der Waals surface area contributed by atoms with Gasteiger partial charge in [0, 0.05) is 23.4 Å². The zero-order chi connectivity index (χ0) is 14.4. The van der Waals surface area contributed by atoms with Crippen LogP contribution in [0.25, 0.3) is 0 Å². The van der Waals surface area contributed by atoms with E-state index in [1.54, 1.807) is 23.7 Å². The van der Waals surface area contributed by atoms with Crippen LogP contribution in [0.4, 0.5) is 11.6 Å². The molecule has 0 aromatic carbocycles. The van der Waals surface area contributed by atoms with Crippen LogP contribution >= 0.6 is 11.3 Å². The Morgan fingerprint density at radius 2 is 1.95 bits per heavy atom. The molecule has 0 bridgehead atoms. The third kappa shape index (κ3) is 3.93. The molecule has 0 aliphatic heterocycles. The maximum absolute atomic E-state index is 4.51. The molecule has 0 aliphatic rings. The first-order valence-electron chi connectivity index (χ1n) is 6.95. The van der Waals surface area contributed by atoms with Crippen LogP contribution in [-0.2, 0) is 5.41 Å². The van der Waals surface area contributed by atoms with Crippen LogP contribution in [-0.4, -0.2) is 23.1 Å². The number of aromatic nitrogens is 2. The molecule has 2 heterocycles. The normalized spacial score (nSPS) is 11.3. The minimum atomic E-state index is 0.0860. The van der Waals surface area contributed by atoms with Crippen molar-refractivity contribution in [3.8, 4) is 0 Å². The molecule has 108 valence electrons.